The lowest BCUT2D eigenvalue weighted by molar-refractivity contribution is -0.137. The van der Waals surface area contributed by atoms with Crippen LogP contribution < -0.4 is 4.90 Å². The first-order chi connectivity index (χ1) is 12.8. The van der Waals surface area contributed by atoms with Crippen molar-refractivity contribution in [1.29, 1.82) is 0 Å². The fraction of sp³-hybridized carbons (Fsp3) is 0.579. The summed E-state index contributed by atoms with van der Waals surface area (Å²) < 4.78 is 41.6. The van der Waals surface area contributed by atoms with E-state index in [1.807, 2.05) is 9.80 Å². The minimum atomic E-state index is -4.38. The number of anilines is 1. The number of nitrogens with zero attached hydrogens (tertiary/aromatic N) is 4. The summed E-state index contributed by atoms with van der Waals surface area (Å²) in [6.07, 6.45) is 2.48. The molecule has 0 unspecified atom stereocenters. The van der Waals surface area contributed by atoms with E-state index in [0.29, 0.717) is 24.4 Å². The lowest BCUT2D eigenvalue weighted by Crippen LogP contribution is -2.48. The SMILES string of the molecule is CC(=O)N1CCC2(CC1)CCN(c1cc(C(F)(F)F)cc3cncn13)CC2. The number of alkyl halides is 3. The number of rotatable bonds is 1. The van der Waals surface area contributed by atoms with E-state index in [1.54, 1.807) is 17.7 Å². The van der Waals surface area contributed by atoms with Crippen LogP contribution in [0.3, 0.4) is 0 Å². The van der Waals surface area contributed by atoms with Gasteiger partial charge in [-0.25, -0.2) is 4.98 Å². The van der Waals surface area contributed by atoms with Crippen LogP contribution in [0.4, 0.5) is 19.0 Å². The number of piperidine rings is 2. The Bertz CT molecular complexity index is 842. The zero-order valence-electron chi connectivity index (χ0n) is 15.3. The van der Waals surface area contributed by atoms with Gasteiger partial charge in [-0.2, -0.15) is 13.2 Å². The summed E-state index contributed by atoms with van der Waals surface area (Å²) in [5, 5.41) is 0. The fourth-order valence-corrected chi connectivity index (χ4v) is 4.43. The summed E-state index contributed by atoms with van der Waals surface area (Å²) in [5.41, 5.74) is 0.0217. The van der Waals surface area contributed by atoms with Crippen molar-refractivity contribution in [2.45, 2.75) is 38.8 Å². The van der Waals surface area contributed by atoms with Gasteiger partial charge in [0, 0.05) is 33.1 Å². The van der Waals surface area contributed by atoms with E-state index in [4.69, 9.17) is 0 Å². The van der Waals surface area contributed by atoms with Crippen molar-refractivity contribution in [2.24, 2.45) is 5.41 Å². The summed E-state index contributed by atoms with van der Waals surface area (Å²) in [6.45, 7) is 4.60. The molecule has 8 heteroatoms. The van der Waals surface area contributed by atoms with Crippen molar-refractivity contribution >= 4 is 17.2 Å². The van der Waals surface area contributed by atoms with Crippen molar-refractivity contribution in [3.8, 4) is 0 Å². The molecule has 2 aliphatic heterocycles. The summed E-state index contributed by atoms with van der Waals surface area (Å²) in [5.74, 6) is 0.669. The second kappa shape index (κ2) is 6.42. The summed E-state index contributed by atoms with van der Waals surface area (Å²) in [6, 6.07) is 2.37. The van der Waals surface area contributed by atoms with Crippen LogP contribution in [0.15, 0.2) is 24.7 Å². The molecule has 2 aliphatic rings. The molecule has 0 saturated carbocycles. The molecule has 1 spiro atoms. The van der Waals surface area contributed by atoms with E-state index < -0.39 is 11.7 Å². The lowest BCUT2D eigenvalue weighted by Gasteiger charge is -2.47. The Hall–Kier alpha value is -2.25. The first-order valence-electron chi connectivity index (χ1n) is 9.31. The molecule has 0 bridgehead atoms. The van der Waals surface area contributed by atoms with Crippen molar-refractivity contribution in [3.05, 3.63) is 30.2 Å². The second-order valence-corrected chi connectivity index (χ2v) is 7.78. The molecule has 0 aromatic carbocycles. The zero-order chi connectivity index (χ0) is 19.2. The molecule has 2 saturated heterocycles. The number of halogens is 3. The third-order valence-corrected chi connectivity index (χ3v) is 6.25. The van der Waals surface area contributed by atoms with Gasteiger partial charge in [0.15, 0.2) is 0 Å². The van der Waals surface area contributed by atoms with Crippen molar-refractivity contribution in [2.75, 3.05) is 31.1 Å². The highest BCUT2D eigenvalue weighted by Crippen LogP contribution is 2.43. The Labute approximate surface area is 155 Å². The van der Waals surface area contributed by atoms with E-state index in [-0.39, 0.29) is 11.3 Å². The van der Waals surface area contributed by atoms with Gasteiger partial charge in [-0.1, -0.05) is 0 Å². The minimum absolute atomic E-state index is 0.119. The van der Waals surface area contributed by atoms with Crippen LogP contribution >= 0.6 is 0 Å². The van der Waals surface area contributed by atoms with Gasteiger partial charge in [0.05, 0.1) is 17.3 Å². The Morgan fingerprint density at radius 3 is 2.30 bits per heavy atom. The second-order valence-electron chi connectivity index (χ2n) is 7.78. The Morgan fingerprint density at radius 2 is 1.70 bits per heavy atom. The monoisotopic (exact) mass is 380 g/mol. The number of likely N-dealkylation sites (tertiary alicyclic amines) is 1. The van der Waals surface area contributed by atoms with Gasteiger partial charge in [0.1, 0.15) is 12.1 Å². The molecule has 27 heavy (non-hydrogen) atoms. The van der Waals surface area contributed by atoms with E-state index in [0.717, 1.165) is 44.8 Å². The number of imidazole rings is 1. The number of aromatic nitrogens is 2. The van der Waals surface area contributed by atoms with Gasteiger partial charge in [-0.05, 0) is 43.2 Å². The Kier molecular flexibility index (Phi) is 4.31. The van der Waals surface area contributed by atoms with Gasteiger partial charge in [-0.3, -0.25) is 9.20 Å². The largest absolute Gasteiger partial charge is 0.416 e. The predicted molar refractivity (Wildman–Crippen MR) is 95.6 cm³/mol. The van der Waals surface area contributed by atoms with Crippen molar-refractivity contribution in [1.82, 2.24) is 14.3 Å². The standard InChI is InChI=1S/C19H23F3N4O/c1-14(27)24-6-2-18(3-7-24)4-8-25(9-5-18)17-11-15(19(20,21)22)10-16-12-23-13-26(16)17/h10-13H,2-9H2,1H3. The highest BCUT2D eigenvalue weighted by molar-refractivity contribution is 5.73. The molecule has 0 atom stereocenters. The molecule has 2 aromatic rings. The van der Waals surface area contributed by atoms with E-state index >= 15 is 0 Å². The van der Waals surface area contributed by atoms with Gasteiger partial charge in [0.25, 0.3) is 0 Å². The molecule has 146 valence electrons. The number of hydrogen-bond donors (Lipinski definition) is 0. The molecular weight excluding hydrogens is 357 g/mol. The Balaban J connectivity index is 1.53. The number of fused-ring (bicyclic) bond motifs is 1. The normalized spacial score (nSPS) is 20.4. The van der Waals surface area contributed by atoms with Gasteiger partial charge in [-0.15, -0.1) is 0 Å². The van der Waals surface area contributed by atoms with E-state index in [9.17, 15) is 18.0 Å². The number of pyridine rings is 1. The summed E-state index contributed by atoms with van der Waals surface area (Å²) >= 11 is 0. The molecule has 5 nitrogen and oxygen atoms in total. The number of hydrogen-bond acceptors (Lipinski definition) is 3. The number of carbonyl (C=O) groups excluding carboxylic acids is 1. The quantitative estimate of drug-likeness (QED) is 0.759. The highest BCUT2D eigenvalue weighted by atomic mass is 19.4. The first-order valence-corrected chi connectivity index (χ1v) is 9.31. The van der Waals surface area contributed by atoms with Crippen LogP contribution in [0.5, 0.6) is 0 Å². The van der Waals surface area contributed by atoms with Crippen LogP contribution in [0, 0.1) is 5.41 Å². The maximum absolute atomic E-state index is 13.3. The molecule has 4 rings (SSSR count). The van der Waals surface area contributed by atoms with E-state index in [2.05, 4.69) is 4.98 Å². The third-order valence-electron chi connectivity index (χ3n) is 6.25. The average molecular weight is 380 g/mol. The molecule has 2 fully saturated rings. The van der Waals surface area contributed by atoms with Gasteiger partial charge < -0.3 is 9.80 Å². The lowest BCUT2D eigenvalue weighted by atomic mass is 9.71. The summed E-state index contributed by atoms with van der Waals surface area (Å²) in [7, 11) is 0. The maximum atomic E-state index is 13.3. The zero-order valence-corrected chi connectivity index (χ0v) is 15.3. The van der Waals surface area contributed by atoms with Crippen LogP contribution in [-0.2, 0) is 11.0 Å². The molecular formula is C19H23F3N4O. The molecule has 1 amide bonds. The summed E-state index contributed by atoms with van der Waals surface area (Å²) in [4.78, 5) is 19.5. The van der Waals surface area contributed by atoms with Gasteiger partial charge in [0.2, 0.25) is 5.91 Å². The molecule has 0 aliphatic carbocycles. The third kappa shape index (κ3) is 3.37. The molecule has 2 aromatic heterocycles. The van der Waals surface area contributed by atoms with Crippen LogP contribution in [0.2, 0.25) is 0 Å². The number of amides is 1. The minimum Gasteiger partial charge on any atom is -0.358 e. The number of carbonyl (C=O) groups is 1. The highest BCUT2D eigenvalue weighted by Gasteiger charge is 2.39. The van der Waals surface area contributed by atoms with Crippen molar-refractivity contribution in [3.63, 3.8) is 0 Å². The van der Waals surface area contributed by atoms with Crippen LogP contribution in [0.1, 0.15) is 38.2 Å². The predicted octanol–water partition coefficient (Wildman–Crippen LogP) is 3.58. The van der Waals surface area contributed by atoms with Crippen molar-refractivity contribution < 1.29 is 18.0 Å². The van der Waals surface area contributed by atoms with Crippen LogP contribution in [0.25, 0.3) is 5.52 Å². The molecule has 0 radical (unpaired) electrons. The molecule has 4 heterocycles. The maximum Gasteiger partial charge on any atom is 0.416 e. The topological polar surface area (TPSA) is 40.9 Å². The van der Waals surface area contributed by atoms with Gasteiger partial charge >= 0.3 is 6.18 Å². The first kappa shape index (κ1) is 18.1. The van der Waals surface area contributed by atoms with Crippen LogP contribution in [-0.4, -0.2) is 46.4 Å². The van der Waals surface area contributed by atoms with E-state index in [1.165, 1.54) is 12.3 Å². The fourth-order valence-electron chi connectivity index (χ4n) is 4.43. The average Bonchev–Trinajstić information content (AvgIpc) is 3.10. The molecule has 0 N–H and O–H groups in total. The smallest absolute Gasteiger partial charge is 0.358 e. The Morgan fingerprint density at radius 1 is 1.07 bits per heavy atom.